The number of Topliss-reactive ketones (excluding diaryl/α,β-unsaturated/α-hetero) is 1. The Labute approximate surface area is 218 Å². The molecule has 0 aromatic rings. The second-order valence-corrected chi connectivity index (χ2v) is 15.5. The van der Waals surface area contributed by atoms with Crippen molar-refractivity contribution < 1.29 is 22.6 Å². The van der Waals surface area contributed by atoms with Crippen LogP contribution in [0.3, 0.4) is 0 Å². The smallest absolute Gasteiger partial charge is 0.269 e. The maximum Gasteiger partial charge on any atom is 0.269 e. The van der Waals surface area contributed by atoms with Gasteiger partial charge in [0.1, 0.15) is 11.0 Å². The van der Waals surface area contributed by atoms with E-state index in [1.165, 1.54) is 38.5 Å². The number of carbonyl (C=O) groups excluding carboxylic acids is 2. The molecule has 0 unspecified atom stereocenters. The molecule has 0 spiro atoms. The van der Waals surface area contributed by atoms with Crippen molar-refractivity contribution in [3.63, 3.8) is 0 Å². The van der Waals surface area contributed by atoms with E-state index in [4.69, 9.17) is 0 Å². The van der Waals surface area contributed by atoms with Gasteiger partial charge in [-0.25, -0.2) is 0 Å². The Morgan fingerprint density at radius 1 is 1.06 bits per heavy atom. The predicted octanol–water partition coefficient (Wildman–Crippen LogP) is 5.51. The van der Waals surface area contributed by atoms with E-state index in [9.17, 15) is 22.6 Å². The number of likely N-dealkylation sites (tertiary alicyclic amines) is 1. The lowest BCUT2D eigenvalue weighted by Crippen LogP contribution is -2.53. The molecular formula is C29H47NO5S. The first-order chi connectivity index (χ1) is 16.9. The normalized spacial score (nSPS) is 43.9. The van der Waals surface area contributed by atoms with Crippen molar-refractivity contribution in [1.82, 2.24) is 4.90 Å². The average Bonchev–Trinajstić information content (AvgIpc) is 3.19. The molecule has 1 saturated heterocycles. The van der Waals surface area contributed by atoms with Gasteiger partial charge in [0.25, 0.3) is 10.1 Å². The third kappa shape index (κ3) is 4.58. The van der Waals surface area contributed by atoms with Gasteiger partial charge in [0, 0.05) is 32.4 Å². The van der Waals surface area contributed by atoms with E-state index in [1.807, 2.05) is 0 Å². The molecule has 4 aliphatic carbocycles. The maximum atomic E-state index is 13.0. The van der Waals surface area contributed by atoms with Gasteiger partial charge in [0.05, 0.1) is 0 Å². The van der Waals surface area contributed by atoms with Crippen LogP contribution in [0, 0.1) is 46.3 Å². The third-order valence-electron chi connectivity index (χ3n) is 12.2. The van der Waals surface area contributed by atoms with E-state index in [1.54, 1.807) is 4.90 Å². The molecule has 1 N–H and O–H groups in total. The summed E-state index contributed by atoms with van der Waals surface area (Å²) in [6, 6.07) is 0. The van der Waals surface area contributed by atoms with Gasteiger partial charge in [-0.1, -0.05) is 20.8 Å². The lowest BCUT2D eigenvalue weighted by Gasteiger charge is -2.60. The number of rotatable bonds is 5. The summed E-state index contributed by atoms with van der Waals surface area (Å²) in [5.41, 5.74) is 0.696. The van der Waals surface area contributed by atoms with Crippen molar-refractivity contribution in [2.45, 2.75) is 109 Å². The van der Waals surface area contributed by atoms with E-state index in [0.29, 0.717) is 60.2 Å². The average molecular weight is 522 g/mol. The van der Waals surface area contributed by atoms with Crippen LogP contribution in [0.2, 0.25) is 0 Å². The van der Waals surface area contributed by atoms with Crippen LogP contribution in [-0.4, -0.2) is 47.9 Å². The number of amides is 1. The highest BCUT2D eigenvalue weighted by atomic mass is 32.2. The van der Waals surface area contributed by atoms with Crippen molar-refractivity contribution in [1.29, 1.82) is 0 Å². The van der Waals surface area contributed by atoms with Gasteiger partial charge in [-0.15, -0.1) is 0 Å². The van der Waals surface area contributed by atoms with Gasteiger partial charge in [0.15, 0.2) is 0 Å². The molecule has 5 rings (SSSR count). The Balaban J connectivity index is 1.21. The van der Waals surface area contributed by atoms with Gasteiger partial charge in [0.2, 0.25) is 5.91 Å². The minimum absolute atomic E-state index is 0.0386. The third-order valence-corrected chi connectivity index (χ3v) is 13.4. The van der Waals surface area contributed by atoms with Crippen LogP contribution in [0.4, 0.5) is 0 Å². The zero-order valence-corrected chi connectivity index (χ0v) is 23.4. The number of fused-ring (bicyclic) bond motifs is 5. The Kier molecular flexibility index (Phi) is 7.15. The molecule has 5 aliphatic rings. The number of hydrogen-bond acceptors (Lipinski definition) is 4. The predicted molar refractivity (Wildman–Crippen MR) is 140 cm³/mol. The van der Waals surface area contributed by atoms with E-state index in [-0.39, 0.29) is 12.5 Å². The minimum atomic E-state index is -4.09. The highest BCUT2D eigenvalue weighted by Crippen LogP contribution is 2.68. The molecule has 1 heterocycles. The number of carbonyl (C=O) groups is 2. The fraction of sp³-hybridized carbons (Fsp3) is 0.931. The van der Waals surface area contributed by atoms with E-state index < -0.39 is 15.4 Å². The molecule has 0 bridgehead atoms. The number of piperidine rings is 1. The van der Waals surface area contributed by atoms with Crippen molar-refractivity contribution in [2.75, 3.05) is 13.1 Å². The topological polar surface area (TPSA) is 91.8 Å². The van der Waals surface area contributed by atoms with E-state index in [2.05, 4.69) is 20.8 Å². The van der Waals surface area contributed by atoms with Crippen molar-refractivity contribution in [2.24, 2.45) is 46.3 Å². The Morgan fingerprint density at radius 3 is 2.56 bits per heavy atom. The SMILES string of the molecule is C[C@H](CCC(=O)N1CCC[C@H](S(=O)(=O)O)C1)[C@H]1CC[C@H]2[C@@H]3CC[C@@H]4CC(=O)CC[C@]4(C)[C@H]3CC[C@]12C. The summed E-state index contributed by atoms with van der Waals surface area (Å²) in [6.07, 6.45) is 12.7. The highest BCUT2D eigenvalue weighted by molar-refractivity contribution is 7.86. The lowest BCUT2D eigenvalue weighted by atomic mass is 9.44. The molecule has 7 heteroatoms. The molecule has 0 aromatic carbocycles. The number of hydrogen-bond donors (Lipinski definition) is 1. The fourth-order valence-electron chi connectivity index (χ4n) is 10.1. The molecule has 0 aromatic heterocycles. The summed E-state index contributed by atoms with van der Waals surface area (Å²) >= 11 is 0. The summed E-state index contributed by atoms with van der Waals surface area (Å²) in [7, 11) is -4.09. The first kappa shape index (κ1) is 26.6. The van der Waals surface area contributed by atoms with Crippen LogP contribution in [0.5, 0.6) is 0 Å². The number of nitrogens with zero attached hydrogens (tertiary/aromatic N) is 1. The molecule has 0 radical (unpaired) electrons. The molecule has 204 valence electrons. The van der Waals surface area contributed by atoms with Crippen LogP contribution < -0.4 is 0 Å². The Bertz CT molecular complexity index is 980. The van der Waals surface area contributed by atoms with Crippen LogP contribution in [-0.2, 0) is 19.7 Å². The molecule has 9 atom stereocenters. The van der Waals surface area contributed by atoms with Crippen molar-refractivity contribution in [3.05, 3.63) is 0 Å². The maximum absolute atomic E-state index is 13.0. The summed E-state index contributed by atoms with van der Waals surface area (Å²) in [5, 5.41) is -0.837. The molecule has 1 aliphatic heterocycles. The standard InChI is InChI=1S/C29H47NO5S/c1-19(6-11-27(32)30-16-4-5-22(18-30)36(33,34)35)24-9-10-25-23-8-7-20-17-21(31)12-14-28(20,2)26(23)13-15-29(24,25)3/h19-20,22-26H,4-18H2,1-3H3,(H,33,34,35)/t19-,20-,22+,23+,24-,25+,26+,28+,29-/m1/s1. The first-order valence-electron chi connectivity index (χ1n) is 14.7. The molecule has 4 saturated carbocycles. The van der Waals surface area contributed by atoms with Crippen LogP contribution in [0.25, 0.3) is 0 Å². The summed E-state index contributed by atoms with van der Waals surface area (Å²) < 4.78 is 32.6. The van der Waals surface area contributed by atoms with Gasteiger partial charge < -0.3 is 4.90 Å². The molecule has 1 amide bonds. The quantitative estimate of drug-likeness (QED) is 0.482. The fourth-order valence-corrected chi connectivity index (χ4v) is 11.0. The van der Waals surface area contributed by atoms with Gasteiger partial charge in [-0.3, -0.25) is 14.1 Å². The zero-order valence-electron chi connectivity index (χ0n) is 22.6. The second kappa shape index (κ2) is 9.66. The van der Waals surface area contributed by atoms with Crippen LogP contribution in [0.1, 0.15) is 104 Å². The van der Waals surface area contributed by atoms with Gasteiger partial charge >= 0.3 is 0 Å². The molecular weight excluding hydrogens is 474 g/mol. The highest BCUT2D eigenvalue weighted by Gasteiger charge is 2.60. The molecule has 36 heavy (non-hydrogen) atoms. The van der Waals surface area contributed by atoms with E-state index in [0.717, 1.165) is 43.4 Å². The van der Waals surface area contributed by atoms with Crippen molar-refractivity contribution >= 4 is 21.8 Å². The van der Waals surface area contributed by atoms with E-state index >= 15 is 0 Å². The first-order valence-corrected chi connectivity index (χ1v) is 16.2. The largest absolute Gasteiger partial charge is 0.341 e. The monoisotopic (exact) mass is 521 g/mol. The molecule has 6 nitrogen and oxygen atoms in total. The minimum Gasteiger partial charge on any atom is -0.341 e. The van der Waals surface area contributed by atoms with Gasteiger partial charge in [-0.2, -0.15) is 8.42 Å². The summed E-state index contributed by atoms with van der Waals surface area (Å²) in [6.45, 7) is 8.11. The summed E-state index contributed by atoms with van der Waals surface area (Å²) in [4.78, 5) is 26.8. The van der Waals surface area contributed by atoms with Gasteiger partial charge in [-0.05, 0) is 111 Å². The molecule has 5 fully saturated rings. The van der Waals surface area contributed by atoms with Crippen LogP contribution >= 0.6 is 0 Å². The second-order valence-electron chi connectivity index (χ2n) is 13.8. The summed E-state index contributed by atoms with van der Waals surface area (Å²) in [5.74, 6) is 4.57. The number of ketones is 1. The van der Waals surface area contributed by atoms with Crippen LogP contribution in [0.15, 0.2) is 0 Å². The zero-order chi connectivity index (χ0) is 25.9. The Morgan fingerprint density at radius 2 is 1.81 bits per heavy atom. The lowest BCUT2D eigenvalue weighted by molar-refractivity contribution is -0.140. The Hall–Kier alpha value is -0.950. The van der Waals surface area contributed by atoms with Crippen molar-refractivity contribution in [3.8, 4) is 0 Å².